The minimum Gasteiger partial charge on any atom is -0.481 e. The van der Waals surface area contributed by atoms with Crippen molar-refractivity contribution in [3.8, 4) is 0 Å². The van der Waals surface area contributed by atoms with Crippen LogP contribution >= 0.6 is 0 Å². The SMILES string of the molecule is CC(C)C(=O)N1CCC(C(=O)NC(CC(=O)O)c2ccc(F)cc2)CC1. The van der Waals surface area contributed by atoms with E-state index in [1.165, 1.54) is 24.3 Å². The van der Waals surface area contributed by atoms with Crippen molar-refractivity contribution in [3.05, 3.63) is 35.6 Å². The number of carbonyl (C=O) groups excluding carboxylic acids is 2. The number of halogens is 1. The average molecular weight is 364 g/mol. The summed E-state index contributed by atoms with van der Waals surface area (Å²) in [6.45, 7) is 4.74. The molecule has 0 aromatic heterocycles. The van der Waals surface area contributed by atoms with Crippen LogP contribution in [0.5, 0.6) is 0 Å². The van der Waals surface area contributed by atoms with E-state index in [1.807, 2.05) is 13.8 Å². The van der Waals surface area contributed by atoms with Crippen molar-refractivity contribution < 1.29 is 23.9 Å². The Balaban J connectivity index is 1.98. The Bertz CT molecular complexity index is 652. The zero-order valence-corrected chi connectivity index (χ0v) is 15.1. The van der Waals surface area contributed by atoms with Gasteiger partial charge in [0.15, 0.2) is 0 Å². The Morgan fingerprint density at radius 3 is 2.27 bits per heavy atom. The second-order valence-electron chi connectivity index (χ2n) is 6.96. The summed E-state index contributed by atoms with van der Waals surface area (Å²) in [5.74, 6) is -1.94. The van der Waals surface area contributed by atoms with Gasteiger partial charge in [-0.2, -0.15) is 0 Å². The number of hydrogen-bond donors (Lipinski definition) is 2. The number of amides is 2. The highest BCUT2D eigenvalue weighted by atomic mass is 19.1. The van der Waals surface area contributed by atoms with Crippen molar-refractivity contribution >= 4 is 17.8 Å². The topological polar surface area (TPSA) is 86.7 Å². The highest BCUT2D eigenvalue weighted by molar-refractivity contribution is 5.81. The molecule has 142 valence electrons. The number of rotatable bonds is 6. The molecule has 0 spiro atoms. The zero-order chi connectivity index (χ0) is 19.3. The molecule has 0 aliphatic carbocycles. The third-order valence-electron chi connectivity index (χ3n) is 4.64. The van der Waals surface area contributed by atoms with Crippen molar-refractivity contribution in [2.24, 2.45) is 11.8 Å². The Kier molecular flexibility index (Phi) is 6.71. The predicted molar refractivity (Wildman–Crippen MR) is 93.7 cm³/mol. The van der Waals surface area contributed by atoms with Gasteiger partial charge in [-0.25, -0.2) is 4.39 Å². The molecule has 1 heterocycles. The summed E-state index contributed by atoms with van der Waals surface area (Å²) in [4.78, 5) is 37.5. The van der Waals surface area contributed by atoms with Gasteiger partial charge >= 0.3 is 5.97 Å². The Morgan fingerprint density at radius 2 is 1.77 bits per heavy atom. The van der Waals surface area contributed by atoms with Crippen LogP contribution in [0, 0.1) is 17.7 Å². The van der Waals surface area contributed by atoms with Gasteiger partial charge in [0.2, 0.25) is 11.8 Å². The molecule has 1 saturated heterocycles. The van der Waals surface area contributed by atoms with E-state index in [0.29, 0.717) is 31.5 Å². The minimum atomic E-state index is -1.04. The van der Waals surface area contributed by atoms with Crippen molar-refractivity contribution in [3.63, 3.8) is 0 Å². The van der Waals surface area contributed by atoms with Gasteiger partial charge in [0.25, 0.3) is 0 Å². The first-order valence-electron chi connectivity index (χ1n) is 8.84. The minimum absolute atomic E-state index is 0.0706. The number of likely N-dealkylation sites (tertiary alicyclic amines) is 1. The highest BCUT2D eigenvalue weighted by Gasteiger charge is 2.30. The van der Waals surface area contributed by atoms with Crippen molar-refractivity contribution in [2.75, 3.05) is 13.1 Å². The summed E-state index contributed by atoms with van der Waals surface area (Å²) in [6, 6.07) is 4.73. The smallest absolute Gasteiger partial charge is 0.305 e. The number of carboxylic acid groups (broad SMARTS) is 1. The van der Waals surface area contributed by atoms with Gasteiger partial charge in [-0.1, -0.05) is 26.0 Å². The van der Waals surface area contributed by atoms with Crippen LogP contribution in [0.25, 0.3) is 0 Å². The van der Waals surface area contributed by atoms with Crippen LogP contribution in [0.15, 0.2) is 24.3 Å². The molecule has 1 atom stereocenters. The van der Waals surface area contributed by atoms with E-state index in [-0.39, 0.29) is 30.1 Å². The highest BCUT2D eigenvalue weighted by Crippen LogP contribution is 2.22. The molecule has 1 aromatic rings. The van der Waals surface area contributed by atoms with Crippen LogP contribution in [0.1, 0.15) is 44.7 Å². The molecule has 2 rings (SSSR count). The molecular formula is C19H25FN2O4. The summed E-state index contributed by atoms with van der Waals surface area (Å²) in [5.41, 5.74) is 0.551. The third kappa shape index (κ3) is 5.28. The first-order valence-corrected chi connectivity index (χ1v) is 8.84. The van der Waals surface area contributed by atoms with Crippen LogP contribution in [-0.2, 0) is 14.4 Å². The molecule has 0 saturated carbocycles. The number of benzene rings is 1. The van der Waals surface area contributed by atoms with E-state index in [1.54, 1.807) is 4.90 Å². The van der Waals surface area contributed by atoms with Crippen molar-refractivity contribution in [1.29, 1.82) is 0 Å². The number of hydrogen-bond acceptors (Lipinski definition) is 3. The van der Waals surface area contributed by atoms with Crippen LogP contribution in [-0.4, -0.2) is 40.9 Å². The molecule has 2 N–H and O–H groups in total. The number of nitrogens with zero attached hydrogens (tertiary/aromatic N) is 1. The summed E-state index contributed by atoms with van der Waals surface area (Å²) in [5, 5.41) is 11.9. The molecule has 0 bridgehead atoms. The molecule has 1 aliphatic heterocycles. The lowest BCUT2D eigenvalue weighted by Gasteiger charge is -2.33. The molecule has 7 heteroatoms. The Labute approximate surface area is 152 Å². The van der Waals surface area contributed by atoms with Crippen LogP contribution in [0.4, 0.5) is 4.39 Å². The number of aliphatic carboxylic acids is 1. The van der Waals surface area contributed by atoms with Gasteiger partial charge in [-0.05, 0) is 30.5 Å². The van der Waals surface area contributed by atoms with E-state index in [0.717, 1.165) is 0 Å². The monoisotopic (exact) mass is 364 g/mol. The van der Waals surface area contributed by atoms with Gasteiger partial charge < -0.3 is 15.3 Å². The summed E-state index contributed by atoms with van der Waals surface area (Å²) >= 11 is 0. The number of nitrogens with one attached hydrogen (secondary N) is 1. The van der Waals surface area contributed by atoms with Gasteiger partial charge in [0.1, 0.15) is 5.82 Å². The van der Waals surface area contributed by atoms with Crippen LogP contribution in [0.2, 0.25) is 0 Å². The lowest BCUT2D eigenvalue weighted by atomic mass is 9.94. The number of carboxylic acids is 1. The normalized spacial score (nSPS) is 16.4. The first kappa shape index (κ1) is 19.9. The van der Waals surface area contributed by atoms with E-state index in [2.05, 4.69) is 5.32 Å². The standard InChI is InChI=1S/C19H25FN2O4/c1-12(2)19(26)22-9-7-14(8-10-22)18(25)21-16(11-17(23)24)13-3-5-15(20)6-4-13/h3-6,12,14,16H,7-11H2,1-2H3,(H,21,25)(H,23,24). The van der Waals surface area contributed by atoms with E-state index in [4.69, 9.17) is 5.11 Å². The summed E-state index contributed by atoms with van der Waals surface area (Å²) < 4.78 is 13.1. The van der Waals surface area contributed by atoms with Crippen molar-refractivity contribution in [2.45, 2.75) is 39.2 Å². The van der Waals surface area contributed by atoms with Crippen molar-refractivity contribution in [1.82, 2.24) is 10.2 Å². The zero-order valence-electron chi connectivity index (χ0n) is 15.1. The van der Waals surface area contributed by atoms with Gasteiger partial charge in [-0.3, -0.25) is 14.4 Å². The fourth-order valence-corrected chi connectivity index (χ4v) is 3.14. The summed E-state index contributed by atoms with van der Waals surface area (Å²) in [6.07, 6.45) is 0.822. The van der Waals surface area contributed by atoms with E-state index in [9.17, 15) is 18.8 Å². The molecule has 26 heavy (non-hydrogen) atoms. The predicted octanol–water partition coefficient (Wildman–Crippen LogP) is 2.35. The van der Waals surface area contributed by atoms with Gasteiger partial charge in [0.05, 0.1) is 12.5 Å². The number of carbonyl (C=O) groups is 3. The van der Waals surface area contributed by atoms with Gasteiger partial charge in [0, 0.05) is 24.9 Å². The first-order chi connectivity index (χ1) is 12.3. The second-order valence-corrected chi connectivity index (χ2v) is 6.96. The third-order valence-corrected chi connectivity index (χ3v) is 4.64. The fraction of sp³-hybridized carbons (Fsp3) is 0.526. The maximum Gasteiger partial charge on any atom is 0.305 e. The molecule has 1 aliphatic rings. The Hall–Kier alpha value is -2.44. The fourth-order valence-electron chi connectivity index (χ4n) is 3.14. The number of piperidine rings is 1. The second kappa shape index (κ2) is 8.78. The maximum atomic E-state index is 13.1. The lowest BCUT2D eigenvalue weighted by Crippen LogP contribution is -2.45. The molecule has 1 fully saturated rings. The molecular weight excluding hydrogens is 339 g/mol. The van der Waals surface area contributed by atoms with Gasteiger partial charge in [-0.15, -0.1) is 0 Å². The quantitative estimate of drug-likeness (QED) is 0.811. The van der Waals surface area contributed by atoms with E-state index >= 15 is 0 Å². The molecule has 2 amide bonds. The molecule has 1 unspecified atom stereocenters. The van der Waals surface area contributed by atoms with Crippen LogP contribution < -0.4 is 5.32 Å². The Morgan fingerprint density at radius 1 is 1.19 bits per heavy atom. The van der Waals surface area contributed by atoms with E-state index < -0.39 is 17.8 Å². The molecule has 1 aromatic carbocycles. The lowest BCUT2D eigenvalue weighted by molar-refractivity contribution is -0.140. The largest absolute Gasteiger partial charge is 0.481 e. The maximum absolute atomic E-state index is 13.1. The summed E-state index contributed by atoms with van der Waals surface area (Å²) in [7, 11) is 0. The average Bonchev–Trinajstić information content (AvgIpc) is 2.60. The molecule has 6 nitrogen and oxygen atoms in total. The molecule has 0 radical (unpaired) electrons. The van der Waals surface area contributed by atoms with Crippen LogP contribution in [0.3, 0.4) is 0 Å².